The van der Waals surface area contributed by atoms with E-state index in [0.717, 1.165) is 55.9 Å². The molecule has 0 aromatic heterocycles. The van der Waals surface area contributed by atoms with Crippen molar-refractivity contribution in [2.45, 2.75) is 32.6 Å². The van der Waals surface area contributed by atoms with E-state index >= 15 is 0 Å². The molecule has 1 aromatic rings. The van der Waals surface area contributed by atoms with Gasteiger partial charge in [-0.15, -0.1) is 0 Å². The summed E-state index contributed by atoms with van der Waals surface area (Å²) in [5.41, 5.74) is 5.55. The van der Waals surface area contributed by atoms with Gasteiger partial charge in [-0.3, -0.25) is 5.01 Å². The van der Waals surface area contributed by atoms with Crippen molar-refractivity contribution in [2.24, 2.45) is 5.10 Å². The summed E-state index contributed by atoms with van der Waals surface area (Å²) < 4.78 is 0. The van der Waals surface area contributed by atoms with Crippen LogP contribution in [0.4, 0.5) is 11.4 Å². The molecule has 6 heteroatoms. The van der Waals surface area contributed by atoms with Crippen LogP contribution < -0.4 is 15.2 Å². The van der Waals surface area contributed by atoms with Gasteiger partial charge in [0.25, 0.3) is 0 Å². The van der Waals surface area contributed by atoms with Gasteiger partial charge in [-0.2, -0.15) is 5.10 Å². The summed E-state index contributed by atoms with van der Waals surface area (Å²) in [5.74, 6) is 0.401. The first-order valence-electron chi connectivity index (χ1n) is 9.46. The number of phenolic OH excluding ortho intramolecular Hbond substituents is 1. The maximum absolute atomic E-state index is 10.9. The largest absolute Gasteiger partial charge is 0.505 e. The van der Waals surface area contributed by atoms with Crippen molar-refractivity contribution < 1.29 is 5.11 Å². The van der Waals surface area contributed by atoms with Crippen LogP contribution in [0.25, 0.3) is 0 Å². The predicted octanol–water partition coefficient (Wildman–Crippen LogP) is 2.53. The molecule has 1 aromatic carbocycles. The average molecular weight is 358 g/mol. The van der Waals surface area contributed by atoms with Gasteiger partial charge in [0, 0.05) is 57.9 Å². The Kier molecular flexibility index (Phi) is 5.59. The molecule has 2 N–H and O–H groups in total. The molecule has 0 radical (unpaired) electrons. The lowest BCUT2D eigenvalue weighted by molar-refractivity contribution is 0.462. The topological polar surface area (TPSA) is 54.3 Å². The van der Waals surface area contributed by atoms with Gasteiger partial charge in [0.15, 0.2) is 0 Å². The Labute approximate surface area is 156 Å². The van der Waals surface area contributed by atoms with Crippen molar-refractivity contribution in [2.75, 3.05) is 50.7 Å². The second kappa shape index (κ2) is 7.89. The lowest BCUT2D eigenvalue weighted by atomic mass is 9.90. The number of phenols is 1. The fourth-order valence-corrected chi connectivity index (χ4v) is 4.03. The number of benzene rings is 1. The highest BCUT2D eigenvalue weighted by molar-refractivity contribution is 5.85. The van der Waals surface area contributed by atoms with Crippen molar-refractivity contribution in [1.29, 1.82) is 0 Å². The maximum atomic E-state index is 10.9. The quantitative estimate of drug-likeness (QED) is 0.605. The van der Waals surface area contributed by atoms with E-state index in [1.807, 2.05) is 45.5 Å². The van der Waals surface area contributed by atoms with Crippen LogP contribution in [0, 0.1) is 0 Å². The van der Waals surface area contributed by atoms with Gasteiger partial charge < -0.3 is 20.2 Å². The third-order valence-corrected chi connectivity index (χ3v) is 5.12. The molecule has 0 fully saturated rings. The van der Waals surface area contributed by atoms with E-state index in [2.05, 4.69) is 21.2 Å². The first kappa shape index (κ1) is 18.4. The number of hydrogen-bond donors (Lipinski definition) is 2. The van der Waals surface area contributed by atoms with Crippen LogP contribution >= 0.6 is 0 Å². The normalized spacial score (nSPS) is 16.6. The Morgan fingerprint density at radius 3 is 2.77 bits per heavy atom. The van der Waals surface area contributed by atoms with Gasteiger partial charge in [-0.1, -0.05) is 0 Å². The molecular weight excluding hydrogens is 326 g/mol. The molecule has 3 rings (SSSR count). The predicted molar refractivity (Wildman–Crippen MR) is 109 cm³/mol. The summed E-state index contributed by atoms with van der Waals surface area (Å²) in [5, 5.41) is 20.4. The molecule has 0 unspecified atom stereocenters. The monoisotopic (exact) mass is 357 g/mol. The van der Waals surface area contributed by atoms with Gasteiger partial charge in [0.05, 0.1) is 12.3 Å². The highest BCUT2D eigenvalue weighted by Crippen LogP contribution is 2.45. The molecule has 6 nitrogen and oxygen atoms in total. The number of anilines is 2. The average Bonchev–Trinajstić information content (AvgIpc) is 2.62. The minimum atomic E-state index is 0.401. The zero-order valence-electron chi connectivity index (χ0n) is 16.4. The Balaban J connectivity index is 1.85. The SMILES string of the molecule is CN/C=C\N(C)C/C(C)=N/N(C)c1cc2c3c(c1O)CCCN3CCC2. The molecule has 2 aliphatic rings. The Morgan fingerprint density at radius 2 is 2.04 bits per heavy atom. The van der Waals surface area contributed by atoms with E-state index in [0.29, 0.717) is 5.75 Å². The number of hydrogen-bond acceptors (Lipinski definition) is 6. The second-order valence-corrected chi connectivity index (χ2v) is 7.30. The van der Waals surface area contributed by atoms with Crippen molar-refractivity contribution in [1.82, 2.24) is 10.2 Å². The standard InChI is InChI=1S/C20H31N5O/c1-15(14-23(3)12-9-21-2)22-24(4)18-13-16-7-5-10-25-11-6-8-17(19(16)25)20(18)26/h9,12-13,21,26H,5-8,10-11,14H2,1-4H3/b12-9-,22-15+. The summed E-state index contributed by atoms with van der Waals surface area (Å²) in [7, 11) is 5.82. The lowest BCUT2D eigenvalue weighted by Crippen LogP contribution is -2.34. The van der Waals surface area contributed by atoms with Gasteiger partial charge in [0.1, 0.15) is 11.4 Å². The van der Waals surface area contributed by atoms with Crippen LogP contribution in [0.15, 0.2) is 23.6 Å². The van der Waals surface area contributed by atoms with Crippen molar-refractivity contribution in [3.8, 4) is 5.75 Å². The summed E-state index contributed by atoms with van der Waals surface area (Å²) >= 11 is 0. The first-order valence-corrected chi connectivity index (χ1v) is 9.46. The van der Waals surface area contributed by atoms with Gasteiger partial charge >= 0.3 is 0 Å². The highest BCUT2D eigenvalue weighted by Gasteiger charge is 2.28. The van der Waals surface area contributed by atoms with Crippen LogP contribution in [0.5, 0.6) is 5.75 Å². The molecular formula is C20H31N5O. The maximum Gasteiger partial charge on any atom is 0.146 e. The number of aryl methyl sites for hydroxylation is 1. The molecule has 142 valence electrons. The number of hydrazone groups is 1. The number of aromatic hydroxyl groups is 1. The van der Waals surface area contributed by atoms with Crippen LogP contribution in [0.3, 0.4) is 0 Å². The fraction of sp³-hybridized carbons (Fsp3) is 0.550. The summed E-state index contributed by atoms with van der Waals surface area (Å²) in [6.07, 6.45) is 8.20. The van der Waals surface area contributed by atoms with Gasteiger partial charge in [-0.05, 0) is 44.2 Å². The van der Waals surface area contributed by atoms with Gasteiger partial charge in [-0.25, -0.2) is 0 Å². The van der Waals surface area contributed by atoms with Crippen LogP contribution in [-0.4, -0.2) is 56.5 Å². The number of nitrogens with one attached hydrogen (secondary N) is 1. The van der Waals surface area contributed by atoms with E-state index in [-0.39, 0.29) is 0 Å². The molecule has 0 bridgehead atoms. The van der Waals surface area contributed by atoms with Crippen molar-refractivity contribution in [3.05, 3.63) is 29.6 Å². The van der Waals surface area contributed by atoms with Crippen LogP contribution in [0.2, 0.25) is 0 Å². The van der Waals surface area contributed by atoms with E-state index in [1.165, 1.54) is 17.7 Å². The third-order valence-electron chi connectivity index (χ3n) is 5.12. The minimum absolute atomic E-state index is 0.401. The molecule has 0 atom stereocenters. The lowest BCUT2D eigenvalue weighted by Gasteiger charge is -2.38. The first-order chi connectivity index (χ1) is 12.5. The van der Waals surface area contributed by atoms with E-state index < -0.39 is 0 Å². The van der Waals surface area contributed by atoms with Crippen LogP contribution in [-0.2, 0) is 12.8 Å². The molecule has 0 saturated heterocycles. The molecule has 0 spiro atoms. The Bertz CT molecular complexity index is 711. The molecule has 0 amide bonds. The number of rotatable bonds is 6. The summed E-state index contributed by atoms with van der Waals surface area (Å²) in [6.45, 7) is 4.97. The van der Waals surface area contributed by atoms with Crippen molar-refractivity contribution in [3.63, 3.8) is 0 Å². The smallest absolute Gasteiger partial charge is 0.146 e. The molecule has 2 heterocycles. The Hall–Kier alpha value is -2.37. The molecule has 0 aliphatic carbocycles. The molecule has 2 aliphatic heterocycles. The molecule has 0 saturated carbocycles. The zero-order valence-corrected chi connectivity index (χ0v) is 16.4. The van der Waals surface area contributed by atoms with E-state index in [1.54, 1.807) is 0 Å². The zero-order chi connectivity index (χ0) is 18.7. The highest BCUT2D eigenvalue weighted by atomic mass is 16.3. The van der Waals surface area contributed by atoms with Crippen LogP contribution in [0.1, 0.15) is 30.9 Å². The minimum Gasteiger partial charge on any atom is -0.505 e. The summed E-state index contributed by atoms with van der Waals surface area (Å²) in [6, 6.07) is 2.13. The van der Waals surface area contributed by atoms with E-state index in [9.17, 15) is 5.11 Å². The fourth-order valence-electron chi connectivity index (χ4n) is 4.03. The van der Waals surface area contributed by atoms with Gasteiger partial charge in [0.2, 0.25) is 0 Å². The molecule has 26 heavy (non-hydrogen) atoms. The van der Waals surface area contributed by atoms with E-state index in [4.69, 9.17) is 5.10 Å². The second-order valence-electron chi connectivity index (χ2n) is 7.30. The third kappa shape index (κ3) is 3.74. The Morgan fingerprint density at radius 1 is 1.31 bits per heavy atom. The summed E-state index contributed by atoms with van der Waals surface area (Å²) in [4.78, 5) is 4.51. The van der Waals surface area contributed by atoms with Crippen molar-refractivity contribution >= 4 is 17.1 Å². The number of nitrogens with zero attached hydrogens (tertiary/aromatic N) is 4.